The topological polar surface area (TPSA) is 71.1 Å². The second-order valence-electron chi connectivity index (χ2n) is 18.8. The maximum atomic E-state index is 12.5. The van der Waals surface area contributed by atoms with Crippen LogP contribution in [0, 0.1) is 23.7 Å². The van der Waals surface area contributed by atoms with Gasteiger partial charge in [-0.25, -0.2) is 0 Å². The van der Waals surface area contributed by atoms with Gasteiger partial charge in [0.2, 0.25) is 0 Å². The van der Waals surface area contributed by atoms with Crippen LogP contribution in [0.4, 0.5) is 0 Å². The minimum atomic E-state index is 0.474. The van der Waals surface area contributed by atoms with E-state index in [0.29, 0.717) is 71.7 Å². The van der Waals surface area contributed by atoms with Gasteiger partial charge in [0.05, 0.1) is 48.7 Å². The van der Waals surface area contributed by atoms with Crippen LogP contribution in [0.2, 0.25) is 0 Å². The molecule has 0 radical (unpaired) electrons. The van der Waals surface area contributed by atoms with Crippen molar-refractivity contribution in [3.63, 3.8) is 0 Å². The third-order valence-corrected chi connectivity index (χ3v) is 13.1. The van der Waals surface area contributed by atoms with E-state index in [9.17, 15) is 9.59 Å². The lowest BCUT2D eigenvalue weighted by Crippen LogP contribution is -2.04. The highest BCUT2D eigenvalue weighted by atomic mass is 16.5. The number of benzene rings is 5. The zero-order chi connectivity index (χ0) is 49.4. The quantitative estimate of drug-likeness (QED) is 0.0177. The van der Waals surface area contributed by atoms with Crippen LogP contribution < -0.4 is 18.9 Å². The van der Waals surface area contributed by atoms with Gasteiger partial charge >= 0.3 is 0 Å². The van der Waals surface area contributed by atoms with E-state index in [4.69, 9.17) is 18.9 Å². The molecule has 0 unspecified atom stereocenters. The van der Waals surface area contributed by atoms with Crippen molar-refractivity contribution in [3.05, 3.63) is 106 Å². The molecule has 5 aromatic carbocycles. The van der Waals surface area contributed by atoms with Crippen molar-refractivity contribution in [2.24, 2.45) is 0 Å². The van der Waals surface area contributed by atoms with Crippen molar-refractivity contribution in [2.45, 2.75) is 182 Å². The first kappa shape index (κ1) is 55.2. The average molecular weight is 947 g/mol. The molecule has 0 N–H and O–H groups in total. The van der Waals surface area contributed by atoms with Crippen LogP contribution in [0.3, 0.4) is 0 Å². The lowest BCUT2D eigenvalue weighted by Gasteiger charge is -2.14. The number of unbranched alkanes of at least 4 members (excludes halogenated alkanes) is 20. The van der Waals surface area contributed by atoms with Crippen LogP contribution in [0.25, 0.3) is 21.5 Å². The van der Waals surface area contributed by atoms with E-state index in [1.54, 1.807) is 12.1 Å². The molecule has 0 aromatic heterocycles. The van der Waals surface area contributed by atoms with Gasteiger partial charge in [0, 0.05) is 23.3 Å². The molecule has 0 saturated heterocycles. The lowest BCUT2D eigenvalue weighted by molar-refractivity contribution is 0.111. The van der Waals surface area contributed by atoms with Crippen molar-refractivity contribution < 1.29 is 28.5 Å². The first-order chi connectivity index (χ1) is 34.6. The maximum absolute atomic E-state index is 12.5. The normalized spacial score (nSPS) is 10.9. The number of aldehydes is 2. The SMILES string of the molecule is CCCCCCCCOc1cc(C=O)c(OCCCCCCCC)cc1C#Cc1c2ccccc2c(C#Cc2cc(OCCCCCCCC)c(C=O)cc2OCCCCCCCC)c2ccccc12. The Hall–Kier alpha value is -5.72. The van der Waals surface area contributed by atoms with Crippen molar-refractivity contribution in [2.75, 3.05) is 26.4 Å². The van der Waals surface area contributed by atoms with Crippen LogP contribution in [0.1, 0.15) is 225 Å². The van der Waals surface area contributed by atoms with Gasteiger partial charge in [0.1, 0.15) is 23.0 Å². The number of ether oxygens (including phenoxy) is 4. The molecule has 0 bridgehead atoms. The zero-order valence-electron chi connectivity index (χ0n) is 43.3. The van der Waals surface area contributed by atoms with E-state index in [1.807, 2.05) is 36.4 Å². The summed E-state index contributed by atoms with van der Waals surface area (Å²) in [5, 5.41) is 3.93. The van der Waals surface area contributed by atoms with E-state index in [-0.39, 0.29) is 0 Å². The highest BCUT2D eigenvalue weighted by molar-refractivity contribution is 6.10. The molecule has 0 aliphatic heterocycles. The molecule has 0 amide bonds. The Morgan fingerprint density at radius 1 is 0.343 bits per heavy atom. The van der Waals surface area contributed by atoms with Gasteiger partial charge in [0.25, 0.3) is 0 Å². The Bertz CT molecular complexity index is 2250. The Kier molecular flexibility index (Phi) is 26.0. The molecule has 0 atom stereocenters. The molecule has 0 aliphatic rings. The van der Waals surface area contributed by atoms with Crippen molar-refractivity contribution in [1.29, 1.82) is 0 Å². The molecule has 0 heterocycles. The summed E-state index contributed by atoms with van der Waals surface area (Å²) < 4.78 is 25.5. The summed E-state index contributed by atoms with van der Waals surface area (Å²) in [4.78, 5) is 24.9. The van der Waals surface area contributed by atoms with Crippen molar-refractivity contribution >= 4 is 34.1 Å². The Morgan fingerprint density at radius 2 is 0.614 bits per heavy atom. The third kappa shape index (κ3) is 17.9. The number of fused-ring (bicyclic) bond motifs is 2. The highest BCUT2D eigenvalue weighted by Crippen LogP contribution is 2.35. The summed E-state index contributed by atoms with van der Waals surface area (Å²) >= 11 is 0. The van der Waals surface area contributed by atoms with E-state index in [1.165, 1.54) is 103 Å². The van der Waals surface area contributed by atoms with Crippen LogP contribution in [-0.4, -0.2) is 39.0 Å². The monoisotopic (exact) mass is 947 g/mol. The van der Waals surface area contributed by atoms with Gasteiger partial charge in [-0.3, -0.25) is 9.59 Å². The highest BCUT2D eigenvalue weighted by Gasteiger charge is 2.16. The molecule has 374 valence electrons. The van der Waals surface area contributed by atoms with E-state index < -0.39 is 0 Å². The molecule has 6 heteroatoms. The fourth-order valence-corrected chi connectivity index (χ4v) is 8.94. The second-order valence-corrected chi connectivity index (χ2v) is 18.8. The molecule has 0 fully saturated rings. The van der Waals surface area contributed by atoms with Gasteiger partial charge in [-0.2, -0.15) is 0 Å². The molecular weight excluding hydrogens is 865 g/mol. The zero-order valence-corrected chi connectivity index (χ0v) is 43.3. The fourth-order valence-electron chi connectivity index (χ4n) is 8.94. The number of hydrogen-bond acceptors (Lipinski definition) is 6. The standard InChI is InChI=1S/C64H82O6/c1-5-9-13-17-21-29-41-67-61-47-53(49-65)63(69-43-31-23-19-15-11-7-3)45-51(61)37-39-59-55-33-25-27-35-57(55)60(58-36-28-26-34-56(58)59)40-38-52-46-64(70-44-32-24-20-16-12-8-4)54(50-66)48-62(52)68-42-30-22-18-14-10-6-2/h25-28,33-36,45-50H,5-24,29-32,41-44H2,1-4H3. The summed E-state index contributed by atoms with van der Waals surface area (Å²) in [7, 11) is 0. The first-order valence-electron chi connectivity index (χ1n) is 27.3. The van der Waals surface area contributed by atoms with Crippen LogP contribution in [0.15, 0.2) is 72.8 Å². The average Bonchev–Trinajstić information content (AvgIpc) is 3.39. The second kappa shape index (κ2) is 33.0. The fraction of sp³-hybridized carbons (Fsp3) is 0.500. The summed E-state index contributed by atoms with van der Waals surface area (Å²) in [6.07, 6.45) is 29.4. The van der Waals surface area contributed by atoms with Gasteiger partial charge < -0.3 is 18.9 Å². The lowest BCUT2D eigenvalue weighted by atomic mass is 9.91. The smallest absolute Gasteiger partial charge is 0.153 e. The van der Waals surface area contributed by atoms with Crippen LogP contribution in [0.5, 0.6) is 23.0 Å². The third-order valence-electron chi connectivity index (χ3n) is 13.1. The molecular formula is C64H82O6. The predicted molar refractivity (Wildman–Crippen MR) is 293 cm³/mol. The molecule has 0 spiro atoms. The van der Waals surface area contributed by atoms with Gasteiger partial charge in [-0.1, -0.05) is 228 Å². The molecule has 0 aliphatic carbocycles. The molecule has 70 heavy (non-hydrogen) atoms. The minimum Gasteiger partial charge on any atom is -0.493 e. The number of carbonyl (C=O) groups excluding carboxylic acids is 2. The van der Waals surface area contributed by atoms with Crippen molar-refractivity contribution in [1.82, 2.24) is 0 Å². The summed E-state index contributed by atoms with van der Waals surface area (Å²) in [5.41, 5.74) is 4.09. The van der Waals surface area contributed by atoms with Gasteiger partial charge in [-0.15, -0.1) is 0 Å². The van der Waals surface area contributed by atoms with Gasteiger partial charge in [-0.05, 0) is 59.4 Å². The van der Waals surface area contributed by atoms with E-state index in [2.05, 4.69) is 75.6 Å². The minimum absolute atomic E-state index is 0.474. The molecule has 0 saturated carbocycles. The van der Waals surface area contributed by atoms with E-state index >= 15 is 0 Å². The number of hydrogen-bond donors (Lipinski definition) is 0. The predicted octanol–water partition coefficient (Wildman–Crippen LogP) is 17.4. The summed E-state index contributed by atoms with van der Waals surface area (Å²) in [6, 6.07) is 24.0. The number of rotatable bonds is 34. The summed E-state index contributed by atoms with van der Waals surface area (Å²) in [6.45, 7) is 11.1. The molecule has 5 rings (SSSR count). The van der Waals surface area contributed by atoms with Crippen LogP contribution in [-0.2, 0) is 0 Å². The molecule has 6 nitrogen and oxygen atoms in total. The van der Waals surface area contributed by atoms with Gasteiger partial charge in [0.15, 0.2) is 12.6 Å². The Balaban J connectivity index is 1.53. The summed E-state index contributed by atoms with van der Waals surface area (Å²) in [5.74, 6) is 16.5. The maximum Gasteiger partial charge on any atom is 0.153 e. The largest absolute Gasteiger partial charge is 0.493 e. The number of carbonyl (C=O) groups is 2. The van der Waals surface area contributed by atoms with Crippen LogP contribution >= 0.6 is 0 Å². The Labute approximate surface area is 422 Å². The van der Waals surface area contributed by atoms with Crippen molar-refractivity contribution in [3.8, 4) is 46.7 Å². The van der Waals surface area contributed by atoms with E-state index in [0.717, 1.165) is 96.6 Å². The first-order valence-corrected chi connectivity index (χ1v) is 27.3. The molecule has 5 aromatic rings. The Morgan fingerprint density at radius 3 is 0.900 bits per heavy atom.